The molecule has 1 unspecified atom stereocenters. The maximum Gasteiger partial charge on any atom is 0.124 e. The predicted molar refractivity (Wildman–Crippen MR) is 77.7 cm³/mol. The van der Waals surface area contributed by atoms with Gasteiger partial charge in [-0.15, -0.1) is 22.7 Å². The van der Waals surface area contributed by atoms with Crippen molar-refractivity contribution in [1.29, 1.82) is 0 Å². The first-order valence-corrected chi connectivity index (χ1v) is 7.48. The van der Waals surface area contributed by atoms with Crippen LogP contribution in [0, 0.1) is 5.82 Å². The Morgan fingerprint density at radius 1 is 1.37 bits per heavy atom. The van der Waals surface area contributed by atoms with Crippen molar-refractivity contribution in [3.8, 4) is 0 Å². The summed E-state index contributed by atoms with van der Waals surface area (Å²) < 4.78 is 14.1. The Hall–Kier alpha value is -1.34. The molecule has 6 heteroatoms. The van der Waals surface area contributed by atoms with E-state index in [1.54, 1.807) is 34.8 Å². The second kappa shape index (κ2) is 5.34. The van der Waals surface area contributed by atoms with E-state index in [0.29, 0.717) is 0 Å². The van der Waals surface area contributed by atoms with Crippen molar-refractivity contribution in [2.75, 3.05) is 0 Å². The minimum atomic E-state index is -0.208. The van der Waals surface area contributed by atoms with Gasteiger partial charge < -0.3 is 0 Å². The summed E-state index contributed by atoms with van der Waals surface area (Å²) in [6, 6.07) is 6.92. The van der Waals surface area contributed by atoms with E-state index in [-0.39, 0.29) is 11.9 Å². The first-order chi connectivity index (χ1) is 9.26. The van der Waals surface area contributed by atoms with E-state index in [4.69, 9.17) is 5.84 Å². The highest BCUT2D eigenvalue weighted by molar-refractivity contribution is 7.19. The SMILES string of the molecule is NNC(Cc1cncs1)c1cc2ccc(F)cc2s1. The fourth-order valence-corrected chi connectivity index (χ4v) is 3.77. The van der Waals surface area contributed by atoms with Crippen LogP contribution in [0.25, 0.3) is 10.1 Å². The number of nitrogens with two attached hydrogens (primary N) is 1. The number of thiazole rings is 1. The van der Waals surface area contributed by atoms with Crippen LogP contribution in [0.5, 0.6) is 0 Å². The molecular weight excluding hydrogens is 281 g/mol. The second-order valence-corrected chi connectivity index (χ2v) is 6.31. The van der Waals surface area contributed by atoms with E-state index < -0.39 is 0 Å². The molecule has 3 nitrogen and oxygen atoms in total. The monoisotopic (exact) mass is 293 g/mol. The molecule has 1 aromatic carbocycles. The number of benzene rings is 1. The van der Waals surface area contributed by atoms with Crippen LogP contribution in [-0.4, -0.2) is 4.98 Å². The Bertz CT molecular complexity index is 678. The molecule has 19 heavy (non-hydrogen) atoms. The maximum absolute atomic E-state index is 13.2. The molecule has 0 saturated carbocycles. The second-order valence-electron chi connectivity index (χ2n) is 4.22. The number of thiophene rings is 1. The van der Waals surface area contributed by atoms with Crippen molar-refractivity contribution < 1.29 is 4.39 Å². The molecule has 0 aliphatic rings. The fraction of sp³-hybridized carbons (Fsp3) is 0.154. The standard InChI is InChI=1S/C13H12FN3S2/c14-9-2-1-8-3-13(19-12(8)4-9)11(17-15)5-10-6-16-7-18-10/h1-4,6-7,11,17H,5,15H2. The topological polar surface area (TPSA) is 50.9 Å². The van der Waals surface area contributed by atoms with Gasteiger partial charge in [0.1, 0.15) is 5.82 Å². The summed E-state index contributed by atoms with van der Waals surface area (Å²) in [5.41, 5.74) is 4.64. The van der Waals surface area contributed by atoms with Crippen molar-refractivity contribution in [2.45, 2.75) is 12.5 Å². The largest absolute Gasteiger partial charge is 0.271 e. The molecule has 2 heterocycles. The molecule has 2 aromatic heterocycles. The van der Waals surface area contributed by atoms with Crippen LogP contribution >= 0.6 is 22.7 Å². The van der Waals surface area contributed by atoms with E-state index in [2.05, 4.69) is 16.5 Å². The van der Waals surface area contributed by atoms with Gasteiger partial charge in [0.2, 0.25) is 0 Å². The van der Waals surface area contributed by atoms with Crippen molar-refractivity contribution in [3.63, 3.8) is 0 Å². The molecule has 98 valence electrons. The summed E-state index contributed by atoms with van der Waals surface area (Å²) in [6.45, 7) is 0. The van der Waals surface area contributed by atoms with Gasteiger partial charge in [0.15, 0.2) is 0 Å². The number of nitrogens with one attached hydrogen (secondary N) is 1. The van der Waals surface area contributed by atoms with Gasteiger partial charge in [0.25, 0.3) is 0 Å². The molecule has 0 fully saturated rings. The molecule has 0 amide bonds. The summed E-state index contributed by atoms with van der Waals surface area (Å²) in [5, 5.41) is 1.05. The first kappa shape index (κ1) is 12.7. The molecule has 0 aliphatic heterocycles. The van der Waals surface area contributed by atoms with Crippen molar-refractivity contribution in [3.05, 3.63) is 51.5 Å². The molecule has 0 aliphatic carbocycles. The number of fused-ring (bicyclic) bond motifs is 1. The van der Waals surface area contributed by atoms with Crippen LogP contribution in [0.1, 0.15) is 15.8 Å². The molecule has 0 spiro atoms. The first-order valence-electron chi connectivity index (χ1n) is 5.79. The van der Waals surface area contributed by atoms with E-state index in [1.807, 2.05) is 11.7 Å². The normalized spacial score (nSPS) is 12.9. The molecule has 0 bridgehead atoms. The van der Waals surface area contributed by atoms with Crippen molar-refractivity contribution >= 4 is 32.8 Å². The van der Waals surface area contributed by atoms with Gasteiger partial charge in [0, 0.05) is 27.1 Å². The molecule has 0 saturated heterocycles. The van der Waals surface area contributed by atoms with Crippen LogP contribution in [-0.2, 0) is 6.42 Å². The smallest absolute Gasteiger partial charge is 0.124 e. The predicted octanol–water partition coefficient (Wildman–Crippen LogP) is 3.24. The lowest BCUT2D eigenvalue weighted by Crippen LogP contribution is -2.28. The zero-order chi connectivity index (χ0) is 13.2. The summed E-state index contributed by atoms with van der Waals surface area (Å²) in [7, 11) is 0. The Kier molecular flexibility index (Phi) is 3.56. The lowest BCUT2D eigenvalue weighted by atomic mass is 10.1. The quantitative estimate of drug-likeness (QED) is 0.573. The van der Waals surface area contributed by atoms with Crippen LogP contribution in [0.15, 0.2) is 36.0 Å². The van der Waals surface area contributed by atoms with Gasteiger partial charge in [-0.3, -0.25) is 16.3 Å². The number of hydrazine groups is 1. The van der Waals surface area contributed by atoms with Gasteiger partial charge in [-0.25, -0.2) is 4.39 Å². The van der Waals surface area contributed by atoms with Crippen molar-refractivity contribution in [1.82, 2.24) is 10.4 Å². The number of hydrogen-bond donors (Lipinski definition) is 2. The zero-order valence-electron chi connectivity index (χ0n) is 9.97. The Morgan fingerprint density at radius 3 is 3.00 bits per heavy atom. The highest BCUT2D eigenvalue weighted by atomic mass is 32.1. The minimum Gasteiger partial charge on any atom is -0.271 e. The van der Waals surface area contributed by atoms with Crippen LogP contribution < -0.4 is 11.3 Å². The number of hydrogen-bond acceptors (Lipinski definition) is 5. The minimum absolute atomic E-state index is 0.0286. The average molecular weight is 293 g/mol. The van der Waals surface area contributed by atoms with Crippen molar-refractivity contribution in [2.24, 2.45) is 5.84 Å². The molecule has 0 radical (unpaired) electrons. The third-order valence-corrected chi connectivity index (χ3v) is 4.95. The van der Waals surface area contributed by atoms with Crippen LogP contribution in [0.2, 0.25) is 0 Å². The Labute approximate surface area is 117 Å². The van der Waals surface area contributed by atoms with Gasteiger partial charge in [0.05, 0.1) is 11.6 Å². The van der Waals surface area contributed by atoms with E-state index in [0.717, 1.165) is 21.4 Å². The van der Waals surface area contributed by atoms with Crippen LogP contribution in [0.4, 0.5) is 4.39 Å². The third kappa shape index (κ3) is 2.66. The number of halogens is 1. The number of aromatic nitrogens is 1. The van der Waals surface area contributed by atoms with Crippen LogP contribution in [0.3, 0.4) is 0 Å². The molecule has 3 aromatic rings. The van der Waals surface area contributed by atoms with E-state index in [1.165, 1.54) is 10.9 Å². The van der Waals surface area contributed by atoms with Gasteiger partial charge >= 0.3 is 0 Å². The molecule has 3 N–H and O–H groups in total. The Balaban J connectivity index is 1.92. The average Bonchev–Trinajstić information content (AvgIpc) is 3.03. The molecular formula is C13H12FN3S2. The summed E-state index contributed by atoms with van der Waals surface area (Å²) in [4.78, 5) is 6.34. The lowest BCUT2D eigenvalue weighted by Gasteiger charge is -2.12. The molecule has 3 rings (SSSR count). The van der Waals surface area contributed by atoms with Gasteiger partial charge in [-0.2, -0.15) is 0 Å². The fourth-order valence-electron chi connectivity index (χ4n) is 1.98. The number of nitrogens with zero attached hydrogens (tertiary/aromatic N) is 1. The Morgan fingerprint density at radius 2 is 2.26 bits per heavy atom. The van der Waals surface area contributed by atoms with Gasteiger partial charge in [-0.05, 0) is 23.6 Å². The van der Waals surface area contributed by atoms with E-state index >= 15 is 0 Å². The lowest BCUT2D eigenvalue weighted by molar-refractivity contribution is 0.564. The molecule has 1 atom stereocenters. The summed E-state index contributed by atoms with van der Waals surface area (Å²) in [5.74, 6) is 5.43. The summed E-state index contributed by atoms with van der Waals surface area (Å²) >= 11 is 3.18. The zero-order valence-corrected chi connectivity index (χ0v) is 11.6. The van der Waals surface area contributed by atoms with E-state index in [9.17, 15) is 4.39 Å². The third-order valence-electron chi connectivity index (χ3n) is 2.93. The highest BCUT2D eigenvalue weighted by Crippen LogP contribution is 2.32. The van der Waals surface area contributed by atoms with Gasteiger partial charge in [-0.1, -0.05) is 6.07 Å². The highest BCUT2D eigenvalue weighted by Gasteiger charge is 2.15. The maximum atomic E-state index is 13.2. The number of rotatable bonds is 4. The summed E-state index contributed by atoms with van der Waals surface area (Å²) in [6.07, 6.45) is 2.64.